The Kier molecular flexibility index (Phi) is 9.04. The highest BCUT2D eigenvalue weighted by Gasteiger charge is 2.45. The number of fused-ring (bicyclic) bond motifs is 2. The first-order chi connectivity index (χ1) is 23.6. The molecule has 7 rings (SSSR count). The van der Waals surface area contributed by atoms with Gasteiger partial charge in [-0.1, -0.05) is 12.0 Å². The Balaban J connectivity index is 1.37. The predicted octanol–water partition coefficient (Wildman–Crippen LogP) is 5.24. The summed E-state index contributed by atoms with van der Waals surface area (Å²) in [5, 5.41) is 12.3. The lowest BCUT2D eigenvalue weighted by Crippen LogP contribution is -2.46. The summed E-state index contributed by atoms with van der Waals surface area (Å²) in [5.74, 6) is 1.92. The third-order valence-corrected chi connectivity index (χ3v) is 9.81. The molecule has 2 aromatic heterocycles. The number of hydrogen-bond donors (Lipinski definition) is 1. The zero-order valence-corrected chi connectivity index (χ0v) is 28.2. The summed E-state index contributed by atoms with van der Waals surface area (Å²) < 4.78 is 54.9. The quantitative estimate of drug-likeness (QED) is 0.178. The summed E-state index contributed by atoms with van der Waals surface area (Å²) in [6.45, 7) is 8.88. The van der Waals surface area contributed by atoms with Gasteiger partial charge in [0.2, 0.25) is 0 Å². The predicted molar refractivity (Wildman–Crippen MR) is 182 cm³/mol. The van der Waals surface area contributed by atoms with Gasteiger partial charge in [-0.15, -0.1) is 6.42 Å². The minimum atomic E-state index is -0.955. The fraction of sp³-hybridized carbons (Fsp3) is 0.486. The molecule has 0 bridgehead atoms. The van der Waals surface area contributed by atoms with E-state index in [0.717, 1.165) is 52.1 Å². The van der Waals surface area contributed by atoms with Gasteiger partial charge in [0, 0.05) is 56.2 Å². The van der Waals surface area contributed by atoms with Crippen LogP contribution in [0.5, 0.6) is 11.8 Å². The molecule has 2 aliphatic heterocycles. The summed E-state index contributed by atoms with van der Waals surface area (Å²) in [4.78, 5) is 18.6. The monoisotopic (exact) mass is 673 g/mol. The van der Waals surface area contributed by atoms with E-state index in [1.165, 1.54) is 13.2 Å². The van der Waals surface area contributed by atoms with Crippen molar-refractivity contribution in [3.05, 3.63) is 47.2 Å². The van der Waals surface area contributed by atoms with Crippen molar-refractivity contribution in [2.45, 2.75) is 45.1 Å². The molecule has 12 heteroatoms. The molecule has 1 unspecified atom stereocenters. The number of methoxy groups -OCH3 is 1. The van der Waals surface area contributed by atoms with Crippen molar-refractivity contribution in [2.75, 3.05) is 71.3 Å². The van der Waals surface area contributed by atoms with Gasteiger partial charge in [0.25, 0.3) is 0 Å². The molecule has 2 aromatic carbocycles. The van der Waals surface area contributed by atoms with Gasteiger partial charge < -0.3 is 29.0 Å². The van der Waals surface area contributed by atoms with E-state index < -0.39 is 17.2 Å². The van der Waals surface area contributed by atoms with Crippen LogP contribution < -0.4 is 14.4 Å². The van der Waals surface area contributed by atoms with E-state index in [1.807, 2.05) is 4.90 Å². The van der Waals surface area contributed by atoms with Crippen LogP contribution >= 0.6 is 0 Å². The number of aromatic nitrogens is 3. The van der Waals surface area contributed by atoms with Crippen molar-refractivity contribution >= 4 is 27.5 Å². The SMILES string of the molecule is C#Cc1c(F)ccc2cc(OCOC)cc(-c3nc(C)c4c(N5CCCC(C)(O)C5)nc(OCC5(CN6CCOCC6)CC5)nc4c3F)c12. The van der Waals surface area contributed by atoms with E-state index in [4.69, 9.17) is 35.3 Å². The molecule has 4 aromatic rings. The van der Waals surface area contributed by atoms with Crippen LogP contribution in [-0.2, 0) is 9.47 Å². The largest absolute Gasteiger partial charge is 0.468 e. The molecular weight excluding hydrogens is 632 g/mol. The number of rotatable bonds is 10. The van der Waals surface area contributed by atoms with Gasteiger partial charge >= 0.3 is 6.01 Å². The van der Waals surface area contributed by atoms with Crippen LogP contribution in [-0.4, -0.2) is 97.0 Å². The molecule has 1 atom stereocenters. The Bertz CT molecular complexity index is 1940. The third kappa shape index (κ3) is 6.73. The lowest BCUT2D eigenvalue weighted by Gasteiger charge is -2.38. The summed E-state index contributed by atoms with van der Waals surface area (Å²) >= 11 is 0. The number of morpholine rings is 1. The summed E-state index contributed by atoms with van der Waals surface area (Å²) in [5.41, 5.74) is -0.330. The molecule has 0 radical (unpaired) electrons. The van der Waals surface area contributed by atoms with Crippen molar-refractivity contribution < 1.29 is 32.8 Å². The molecule has 0 amide bonds. The van der Waals surface area contributed by atoms with Gasteiger partial charge in [-0.2, -0.15) is 9.97 Å². The van der Waals surface area contributed by atoms with E-state index in [-0.39, 0.29) is 40.6 Å². The van der Waals surface area contributed by atoms with Crippen molar-refractivity contribution in [2.24, 2.45) is 5.41 Å². The Morgan fingerprint density at radius 2 is 1.84 bits per heavy atom. The Labute approximate surface area is 284 Å². The average molecular weight is 674 g/mol. The van der Waals surface area contributed by atoms with Crippen LogP contribution in [0, 0.1) is 36.3 Å². The Morgan fingerprint density at radius 3 is 2.55 bits per heavy atom. The average Bonchev–Trinajstić information content (AvgIpc) is 3.86. The topological polar surface area (TPSA) is 102 Å². The fourth-order valence-electron chi connectivity index (χ4n) is 7.11. The maximum absolute atomic E-state index is 17.2. The zero-order valence-electron chi connectivity index (χ0n) is 28.2. The minimum absolute atomic E-state index is 0.0114. The minimum Gasteiger partial charge on any atom is -0.468 e. The van der Waals surface area contributed by atoms with Crippen LogP contribution in [0.15, 0.2) is 24.3 Å². The van der Waals surface area contributed by atoms with E-state index >= 15 is 8.78 Å². The maximum Gasteiger partial charge on any atom is 0.319 e. The smallest absolute Gasteiger partial charge is 0.319 e. The van der Waals surface area contributed by atoms with Crippen molar-refractivity contribution in [1.29, 1.82) is 0 Å². The number of pyridine rings is 1. The summed E-state index contributed by atoms with van der Waals surface area (Å²) in [6, 6.07) is 6.18. The van der Waals surface area contributed by atoms with Gasteiger partial charge in [-0.25, -0.2) is 13.8 Å². The molecular formula is C37H41F2N5O5. The molecule has 258 valence electrons. The molecule has 10 nitrogen and oxygen atoms in total. The molecule has 1 saturated carbocycles. The van der Waals surface area contributed by atoms with Crippen LogP contribution in [0.3, 0.4) is 0 Å². The number of piperidine rings is 1. The number of anilines is 1. The van der Waals surface area contributed by atoms with Crippen molar-refractivity contribution in [1.82, 2.24) is 19.9 Å². The number of benzene rings is 2. The first-order valence-corrected chi connectivity index (χ1v) is 16.7. The van der Waals surface area contributed by atoms with Gasteiger partial charge in [0.05, 0.1) is 42.1 Å². The van der Waals surface area contributed by atoms with Gasteiger partial charge in [0.1, 0.15) is 28.6 Å². The first-order valence-electron chi connectivity index (χ1n) is 16.7. The highest BCUT2D eigenvalue weighted by molar-refractivity contribution is 6.03. The van der Waals surface area contributed by atoms with Crippen LogP contribution in [0.25, 0.3) is 32.9 Å². The molecule has 1 aliphatic carbocycles. The Morgan fingerprint density at radius 1 is 1.04 bits per heavy atom. The fourth-order valence-corrected chi connectivity index (χ4v) is 7.11. The second kappa shape index (κ2) is 13.3. The van der Waals surface area contributed by atoms with Crippen LogP contribution in [0.2, 0.25) is 0 Å². The highest BCUT2D eigenvalue weighted by atomic mass is 19.1. The lowest BCUT2D eigenvalue weighted by molar-refractivity contribution is 0.0231. The molecule has 3 fully saturated rings. The summed E-state index contributed by atoms with van der Waals surface area (Å²) in [7, 11) is 1.49. The molecule has 49 heavy (non-hydrogen) atoms. The van der Waals surface area contributed by atoms with Crippen molar-refractivity contribution in [3.8, 4) is 35.4 Å². The number of halogens is 2. The second-order valence-corrected chi connectivity index (χ2v) is 13.8. The highest BCUT2D eigenvalue weighted by Crippen LogP contribution is 2.47. The third-order valence-electron chi connectivity index (χ3n) is 9.81. The second-order valence-electron chi connectivity index (χ2n) is 13.8. The number of β-amino-alcohol motifs (C(OH)–C–C–N with tert-alkyl or cyclic N) is 1. The molecule has 1 N–H and O–H groups in total. The lowest BCUT2D eigenvalue weighted by atomic mass is 9.94. The van der Waals surface area contributed by atoms with Crippen LogP contribution in [0.1, 0.15) is 43.9 Å². The normalized spacial score (nSPS) is 20.8. The summed E-state index contributed by atoms with van der Waals surface area (Å²) in [6.07, 6.45) is 9.19. The maximum atomic E-state index is 17.2. The molecule has 2 saturated heterocycles. The van der Waals surface area contributed by atoms with Gasteiger partial charge in [0.15, 0.2) is 12.6 Å². The van der Waals surface area contributed by atoms with Gasteiger partial charge in [-0.05, 0) is 63.1 Å². The van der Waals surface area contributed by atoms with E-state index in [0.29, 0.717) is 59.5 Å². The zero-order chi connectivity index (χ0) is 34.3. The van der Waals surface area contributed by atoms with E-state index in [9.17, 15) is 5.11 Å². The molecule has 3 aliphatic rings. The number of nitrogens with zero attached hydrogens (tertiary/aromatic N) is 5. The number of ether oxygens (including phenoxy) is 4. The van der Waals surface area contributed by atoms with E-state index in [2.05, 4.69) is 15.8 Å². The van der Waals surface area contributed by atoms with Gasteiger partial charge in [-0.3, -0.25) is 4.90 Å². The van der Waals surface area contributed by atoms with Crippen molar-refractivity contribution in [3.63, 3.8) is 0 Å². The number of terminal acetylenes is 1. The van der Waals surface area contributed by atoms with Crippen LogP contribution in [0.4, 0.5) is 14.6 Å². The number of hydrogen-bond acceptors (Lipinski definition) is 10. The molecule has 4 heterocycles. The number of aliphatic hydroxyl groups is 1. The Hall–Kier alpha value is -4.15. The number of aryl methyl sites for hydroxylation is 1. The van der Waals surface area contributed by atoms with E-state index in [1.54, 1.807) is 32.0 Å². The first kappa shape index (κ1) is 33.4. The standard InChI is InChI=1S/C37H41F2N5O5/c1-5-26-28(38)8-7-24-17-25(49-22-46-4)18-27(30(24)26)32-31(39)33-29(23(2)40-32)34(44-12-6-9-36(3,45)19-44)42-35(41-33)48-21-37(10-11-37)20-43-13-15-47-16-14-43/h1,7-8,17-18,45H,6,9-16,19-22H2,2-4H3. The molecule has 0 spiro atoms.